The molecule has 0 spiro atoms. The van der Waals surface area contributed by atoms with Crippen LogP contribution < -0.4 is 0 Å². The number of rotatable bonds is 3. The largest absolute Gasteiger partial charge is 0.284 e. The summed E-state index contributed by atoms with van der Waals surface area (Å²) in [7, 11) is 0. The summed E-state index contributed by atoms with van der Waals surface area (Å²) in [5.74, 6) is -0.158. The summed E-state index contributed by atoms with van der Waals surface area (Å²) < 4.78 is 0. The van der Waals surface area contributed by atoms with Crippen molar-refractivity contribution in [1.82, 2.24) is 0 Å². The molecule has 3 rings (SSSR count). The molecule has 0 aromatic heterocycles. The third-order valence-corrected chi connectivity index (χ3v) is 5.11. The minimum absolute atomic E-state index is 0.158. The third-order valence-electron chi connectivity index (χ3n) is 3.33. The van der Waals surface area contributed by atoms with E-state index in [1.54, 1.807) is 11.8 Å². The van der Waals surface area contributed by atoms with E-state index in [1.165, 1.54) is 22.2 Å². The molecule has 0 N–H and O–H groups in total. The van der Waals surface area contributed by atoms with Crippen molar-refractivity contribution < 1.29 is 4.79 Å². The Morgan fingerprint density at radius 1 is 1.05 bits per heavy atom. The maximum Gasteiger partial charge on any atom is 0.284 e. The molecule has 0 atom stereocenters. The van der Waals surface area contributed by atoms with Gasteiger partial charge < -0.3 is 0 Å². The van der Waals surface area contributed by atoms with Gasteiger partial charge in [-0.05, 0) is 37.0 Å². The van der Waals surface area contributed by atoms with Crippen molar-refractivity contribution in [3.8, 4) is 0 Å². The number of nitrogens with zero attached hydrogens (tertiary/aromatic N) is 1. The van der Waals surface area contributed by atoms with Crippen LogP contribution in [0.15, 0.2) is 63.3 Å². The van der Waals surface area contributed by atoms with Gasteiger partial charge in [0, 0.05) is 10.5 Å². The fourth-order valence-corrected chi connectivity index (χ4v) is 3.41. The first-order valence-corrected chi connectivity index (χ1v) is 8.93. The van der Waals surface area contributed by atoms with Gasteiger partial charge in [0.25, 0.3) is 5.91 Å². The average Bonchev–Trinajstić information content (AvgIpc) is 2.90. The molecule has 110 valence electrons. The van der Waals surface area contributed by atoms with Crippen LogP contribution in [-0.4, -0.2) is 17.2 Å². The molecule has 1 aliphatic heterocycles. The number of aryl methyl sites for hydroxylation is 1. The van der Waals surface area contributed by atoms with Gasteiger partial charge in [0.1, 0.15) is 5.04 Å². The van der Waals surface area contributed by atoms with E-state index < -0.39 is 0 Å². The summed E-state index contributed by atoms with van der Waals surface area (Å²) in [6.07, 6.45) is 3.95. The van der Waals surface area contributed by atoms with Gasteiger partial charge in [-0.25, -0.2) is 4.99 Å². The fourth-order valence-electron chi connectivity index (χ4n) is 2.08. The predicted molar refractivity (Wildman–Crippen MR) is 96.5 cm³/mol. The molecule has 0 aliphatic carbocycles. The standard InChI is InChI=1S/C18H15NOS2/c1-12-3-7-14(8-4-12)18-19-17(20)16(22-18)11-13-5-9-15(21-2)10-6-13/h3-11H,1-2H3/b16-11-. The van der Waals surface area contributed by atoms with Crippen molar-refractivity contribution in [2.45, 2.75) is 11.8 Å². The lowest BCUT2D eigenvalue weighted by atomic mass is 10.2. The van der Waals surface area contributed by atoms with E-state index >= 15 is 0 Å². The number of benzene rings is 2. The van der Waals surface area contributed by atoms with Crippen LogP contribution in [0.2, 0.25) is 0 Å². The van der Waals surface area contributed by atoms with Gasteiger partial charge in [0.15, 0.2) is 0 Å². The zero-order valence-electron chi connectivity index (χ0n) is 12.4. The summed E-state index contributed by atoms with van der Waals surface area (Å²) in [6, 6.07) is 16.2. The predicted octanol–water partition coefficient (Wildman–Crippen LogP) is 4.78. The lowest BCUT2D eigenvalue weighted by Crippen LogP contribution is -1.90. The van der Waals surface area contributed by atoms with Crippen molar-refractivity contribution in [3.05, 3.63) is 70.1 Å². The van der Waals surface area contributed by atoms with Crippen LogP contribution in [0.5, 0.6) is 0 Å². The monoisotopic (exact) mass is 325 g/mol. The number of thioether (sulfide) groups is 2. The molecule has 0 saturated carbocycles. The Hall–Kier alpha value is -1.78. The van der Waals surface area contributed by atoms with E-state index in [9.17, 15) is 4.79 Å². The van der Waals surface area contributed by atoms with Gasteiger partial charge in [0.05, 0.1) is 4.91 Å². The third kappa shape index (κ3) is 3.34. The Kier molecular flexibility index (Phi) is 4.50. The van der Waals surface area contributed by atoms with Gasteiger partial charge in [-0.15, -0.1) is 11.8 Å². The molecular formula is C18H15NOS2. The highest BCUT2D eigenvalue weighted by Crippen LogP contribution is 2.32. The molecule has 0 saturated heterocycles. The number of aliphatic imine (C=N–C) groups is 1. The smallest absolute Gasteiger partial charge is 0.266 e. The molecule has 2 nitrogen and oxygen atoms in total. The molecule has 0 fully saturated rings. The second-order valence-corrected chi connectivity index (χ2v) is 6.88. The molecule has 0 unspecified atom stereocenters. The maximum atomic E-state index is 12.1. The summed E-state index contributed by atoms with van der Waals surface area (Å²) >= 11 is 3.14. The molecule has 22 heavy (non-hydrogen) atoms. The van der Waals surface area contributed by atoms with Gasteiger partial charge in [-0.1, -0.05) is 53.7 Å². The Labute approximate surface area is 138 Å². The molecule has 0 radical (unpaired) electrons. The topological polar surface area (TPSA) is 29.4 Å². The normalized spacial score (nSPS) is 16.2. The van der Waals surface area contributed by atoms with Gasteiger partial charge in [-0.2, -0.15) is 0 Å². The number of hydrogen-bond donors (Lipinski definition) is 0. The van der Waals surface area contributed by atoms with Crippen molar-refractivity contribution >= 4 is 40.6 Å². The maximum absolute atomic E-state index is 12.1. The lowest BCUT2D eigenvalue weighted by Gasteiger charge is -2.00. The van der Waals surface area contributed by atoms with Crippen molar-refractivity contribution in [1.29, 1.82) is 0 Å². The first kappa shape index (κ1) is 15.1. The summed E-state index contributed by atoms with van der Waals surface area (Å²) in [5.41, 5.74) is 3.21. The van der Waals surface area contributed by atoms with Crippen LogP contribution >= 0.6 is 23.5 Å². The van der Waals surface area contributed by atoms with Crippen molar-refractivity contribution in [3.63, 3.8) is 0 Å². The first-order chi connectivity index (χ1) is 10.7. The first-order valence-electron chi connectivity index (χ1n) is 6.89. The van der Waals surface area contributed by atoms with Crippen LogP contribution in [-0.2, 0) is 4.79 Å². The molecule has 0 bridgehead atoms. The number of carbonyl (C=O) groups is 1. The second-order valence-electron chi connectivity index (χ2n) is 4.97. The highest BCUT2D eigenvalue weighted by atomic mass is 32.2. The van der Waals surface area contributed by atoms with E-state index in [-0.39, 0.29) is 5.91 Å². The Morgan fingerprint density at radius 2 is 1.73 bits per heavy atom. The molecule has 1 heterocycles. The van der Waals surface area contributed by atoms with E-state index in [4.69, 9.17) is 0 Å². The highest BCUT2D eigenvalue weighted by Gasteiger charge is 2.22. The Morgan fingerprint density at radius 3 is 2.36 bits per heavy atom. The van der Waals surface area contributed by atoms with Crippen molar-refractivity contribution in [2.24, 2.45) is 4.99 Å². The molecule has 1 aliphatic rings. The van der Waals surface area contributed by atoms with Crippen molar-refractivity contribution in [2.75, 3.05) is 6.26 Å². The highest BCUT2D eigenvalue weighted by molar-refractivity contribution is 8.19. The number of carbonyl (C=O) groups excluding carboxylic acids is 1. The summed E-state index contributed by atoms with van der Waals surface area (Å²) in [6.45, 7) is 2.04. The molecule has 2 aromatic carbocycles. The van der Waals surface area contributed by atoms with Crippen LogP contribution in [0.3, 0.4) is 0 Å². The van der Waals surface area contributed by atoms with Gasteiger partial charge in [-0.3, -0.25) is 4.79 Å². The van der Waals surface area contributed by atoms with Crippen LogP contribution in [0, 0.1) is 6.92 Å². The van der Waals surface area contributed by atoms with E-state index in [2.05, 4.69) is 17.1 Å². The molecule has 4 heteroatoms. The van der Waals surface area contributed by atoms with Crippen LogP contribution in [0.1, 0.15) is 16.7 Å². The van der Waals surface area contributed by atoms with E-state index in [0.717, 1.165) is 16.2 Å². The second kappa shape index (κ2) is 6.55. The van der Waals surface area contributed by atoms with Crippen LogP contribution in [0.4, 0.5) is 0 Å². The number of amides is 1. The fraction of sp³-hybridized carbons (Fsp3) is 0.111. The van der Waals surface area contributed by atoms with Gasteiger partial charge >= 0.3 is 0 Å². The summed E-state index contributed by atoms with van der Waals surface area (Å²) in [4.78, 5) is 18.1. The summed E-state index contributed by atoms with van der Waals surface area (Å²) in [5, 5.41) is 0.775. The van der Waals surface area contributed by atoms with Gasteiger partial charge in [0.2, 0.25) is 0 Å². The SMILES string of the molecule is CSc1ccc(/C=C2\SC(c3ccc(C)cc3)=NC2=O)cc1. The molecular weight excluding hydrogens is 310 g/mol. The minimum atomic E-state index is -0.158. The Balaban J connectivity index is 1.81. The zero-order chi connectivity index (χ0) is 15.5. The average molecular weight is 325 g/mol. The zero-order valence-corrected chi connectivity index (χ0v) is 14.0. The van der Waals surface area contributed by atoms with Crippen LogP contribution in [0.25, 0.3) is 6.08 Å². The Bertz CT molecular complexity index is 759. The lowest BCUT2D eigenvalue weighted by molar-refractivity contribution is -0.113. The van der Waals surface area contributed by atoms with E-state index in [0.29, 0.717) is 4.91 Å². The molecule has 1 amide bonds. The quantitative estimate of drug-likeness (QED) is 0.601. The minimum Gasteiger partial charge on any atom is -0.266 e. The number of hydrogen-bond acceptors (Lipinski definition) is 3. The van der Waals surface area contributed by atoms with E-state index in [1.807, 2.05) is 55.7 Å². The molecule has 2 aromatic rings.